The van der Waals surface area contributed by atoms with Gasteiger partial charge in [-0.1, -0.05) is 6.92 Å². The Kier molecular flexibility index (Phi) is 5.43. The summed E-state index contributed by atoms with van der Waals surface area (Å²) in [4.78, 5) is 4.30. The van der Waals surface area contributed by atoms with Crippen molar-refractivity contribution in [2.45, 2.75) is 13.3 Å². The van der Waals surface area contributed by atoms with Crippen molar-refractivity contribution in [1.82, 2.24) is 9.55 Å². The lowest BCUT2D eigenvalue weighted by molar-refractivity contribution is 0.210. The minimum atomic E-state index is 0.649. The van der Waals surface area contributed by atoms with Crippen molar-refractivity contribution in [3.05, 3.63) is 36.7 Å². The Balaban J connectivity index is 2.05. The molecular formula is C15H21N3O2. The maximum absolute atomic E-state index is 5.58. The predicted molar refractivity (Wildman–Crippen MR) is 79.7 cm³/mol. The molecular weight excluding hydrogens is 254 g/mol. The standard InChI is InChI=1S/C15H21N3O2/c1-3-11-20-14-6-4-13(5-7-14)18-10-8-16-15(18)17-9-12-19-2/h4-8,10H,3,9,11-12H2,1-2H3,(H,16,17). The molecule has 0 aliphatic heterocycles. The molecule has 5 nitrogen and oxygen atoms in total. The van der Waals surface area contributed by atoms with Gasteiger partial charge in [0.2, 0.25) is 5.95 Å². The SMILES string of the molecule is CCCOc1ccc(-n2ccnc2NCCOC)cc1. The summed E-state index contributed by atoms with van der Waals surface area (Å²) in [5.41, 5.74) is 1.05. The Labute approximate surface area is 119 Å². The molecule has 0 saturated heterocycles. The highest BCUT2D eigenvalue weighted by atomic mass is 16.5. The summed E-state index contributed by atoms with van der Waals surface area (Å²) in [6, 6.07) is 8.00. The minimum absolute atomic E-state index is 0.649. The van der Waals surface area contributed by atoms with Gasteiger partial charge in [-0.05, 0) is 30.7 Å². The average molecular weight is 275 g/mol. The number of aromatic nitrogens is 2. The van der Waals surface area contributed by atoms with Crippen LogP contribution in [-0.2, 0) is 4.74 Å². The molecule has 108 valence electrons. The Morgan fingerprint density at radius 1 is 1.20 bits per heavy atom. The largest absolute Gasteiger partial charge is 0.494 e. The van der Waals surface area contributed by atoms with E-state index in [0.29, 0.717) is 6.61 Å². The predicted octanol–water partition coefficient (Wildman–Crippen LogP) is 2.72. The van der Waals surface area contributed by atoms with Crippen molar-refractivity contribution >= 4 is 5.95 Å². The van der Waals surface area contributed by atoms with Gasteiger partial charge in [-0.25, -0.2) is 4.98 Å². The third-order valence-electron chi connectivity index (χ3n) is 2.82. The fraction of sp³-hybridized carbons (Fsp3) is 0.400. The second kappa shape index (κ2) is 7.55. The van der Waals surface area contributed by atoms with Gasteiger partial charge in [-0.2, -0.15) is 0 Å². The van der Waals surface area contributed by atoms with E-state index in [1.807, 2.05) is 35.0 Å². The van der Waals surface area contributed by atoms with Crippen LogP contribution >= 0.6 is 0 Å². The third kappa shape index (κ3) is 3.74. The van der Waals surface area contributed by atoms with Crippen LogP contribution in [0.5, 0.6) is 5.75 Å². The fourth-order valence-electron chi connectivity index (χ4n) is 1.83. The van der Waals surface area contributed by atoms with E-state index in [4.69, 9.17) is 9.47 Å². The molecule has 2 rings (SSSR count). The first kappa shape index (κ1) is 14.4. The number of hydrogen-bond acceptors (Lipinski definition) is 4. The lowest BCUT2D eigenvalue weighted by atomic mass is 10.3. The number of rotatable bonds is 8. The minimum Gasteiger partial charge on any atom is -0.494 e. The average Bonchev–Trinajstić information content (AvgIpc) is 2.94. The van der Waals surface area contributed by atoms with Gasteiger partial charge >= 0.3 is 0 Å². The van der Waals surface area contributed by atoms with Crippen molar-refractivity contribution in [1.29, 1.82) is 0 Å². The molecule has 0 spiro atoms. The van der Waals surface area contributed by atoms with Crippen molar-refractivity contribution < 1.29 is 9.47 Å². The molecule has 1 N–H and O–H groups in total. The Bertz CT molecular complexity index is 508. The Hall–Kier alpha value is -2.01. The third-order valence-corrected chi connectivity index (χ3v) is 2.82. The van der Waals surface area contributed by atoms with E-state index in [-0.39, 0.29) is 0 Å². The van der Waals surface area contributed by atoms with Gasteiger partial charge in [0.1, 0.15) is 5.75 Å². The topological polar surface area (TPSA) is 48.3 Å². The summed E-state index contributed by atoms with van der Waals surface area (Å²) in [6.07, 6.45) is 4.71. The van der Waals surface area contributed by atoms with Crippen LogP contribution in [0.15, 0.2) is 36.7 Å². The Morgan fingerprint density at radius 2 is 2.00 bits per heavy atom. The highest BCUT2D eigenvalue weighted by Gasteiger charge is 2.04. The smallest absolute Gasteiger partial charge is 0.207 e. The van der Waals surface area contributed by atoms with Gasteiger partial charge in [-0.3, -0.25) is 4.57 Å². The van der Waals surface area contributed by atoms with Gasteiger partial charge in [-0.15, -0.1) is 0 Å². The van der Waals surface area contributed by atoms with Crippen LogP contribution in [0.3, 0.4) is 0 Å². The first-order valence-corrected chi connectivity index (χ1v) is 6.84. The van der Waals surface area contributed by atoms with Gasteiger partial charge in [0.05, 0.1) is 13.2 Å². The zero-order chi connectivity index (χ0) is 14.2. The molecule has 0 radical (unpaired) electrons. The molecule has 1 aromatic carbocycles. The number of nitrogens with one attached hydrogen (secondary N) is 1. The van der Waals surface area contributed by atoms with E-state index in [1.165, 1.54) is 0 Å². The van der Waals surface area contributed by atoms with E-state index in [9.17, 15) is 0 Å². The number of anilines is 1. The molecule has 0 saturated carbocycles. The summed E-state index contributed by atoms with van der Waals surface area (Å²) in [7, 11) is 1.68. The zero-order valence-electron chi connectivity index (χ0n) is 12.0. The fourth-order valence-corrected chi connectivity index (χ4v) is 1.83. The maximum atomic E-state index is 5.58. The number of nitrogens with zero attached hydrogens (tertiary/aromatic N) is 2. The monoisotopic (exact) mass is 275 g/mol. The van der Waals surface area contributed by atoms with Crippen LogP contribution in [0.2, 0.25) is 0 Å². The number of ether oxygens (including phenoxy) is 2. The van der Waals surface area contributed by atoms with Crippen LogP contribution in [0.1, 0.15) is 13.3 Å². The van der Waals surface area contributed by atoms with Gasteiger partial charge in [0.25, 0.3) is 0 Å². The second-order valence-electron chi connectivity index (χ2n) is 4.38. The number of benzene rings is 1. The highest BCUT2D eigenvalue weighted by Crippen LogP contribution is 2.18. The second-order valence-corrected chi connectivity index (χ2v) is 4.38. The molecule has 0 amide bonds. The molecule has 2 aromatic rings. The Morgan fingerprint density at radius 3 is 2.70 bits per heavy atom. The van der Waals surface area contributed by atoms with E-state index < -0.39 is 0 Å². The quantitative estimate of drug-likeness (QED) is 0.753. The molecule has 0 aliphatic rings. The maximum Gasteiger partial charge on any atom is 0.207 e. The van der Waals surface area contributed by atoms with Gasteiger partial charge in [0.15, 0.2) is 0 Å². The van der Waals surface area contributed by atoms with E-state index in [1.54, 1.807) is 13.3 Å². The first-order valence-electron chi connectivity index (χ1n) is 6.84. The molecule has 5 heteroatoms. The summed E-state index contributed by atoms with van der Waals surface area (Å²) in [5, 5.41) is 3.24. The van der Waals surface area contributed by atoms with Crippen molar-refractivity contribution in [2.24, 2.45) is 0 Å². The summed E-state index contributed by atoms with van der Waals surface area (Å²) in [5.74, 6) is 1.70. The van der Waals surface area contributed by atoms with Crippen molar-refractivity contribution in [3.8, 4) is 11.4 Å². The van der Waals surface area contributed by atoms with Crippen LogP contribution in [0, 0.1) is 0 Å². The molecule has 1 aromatic heterocycles. The van der Waals surface area contributed by atoms with Crippen LogP contribution < -0.4 is 10.1 Å². The van der Waals surface area contributed by atoms with E-state index in [0.717, 1.165) is 37.0 Å². The van der Waals surface area contributed by atoms with Crippen LogP contribution in [0.25, 0.3) is 5.69 Å². The first-order chi connectivity index (χ1) is 9.85. The molecule has 0 aliphatic carbocycles. The lowest BCUT2D eigenvalue weighted by Gasteiger charge is -2.10. The number of hydrogen-bond donors (Lipinski definition) is 1. The lowest BCUT2D eigenvalue weighted by Crippen LogP contribution is -2.11. The molecule has 0 atom stereocenters. The zero-order valence-corrected chi connectivity index (χ0v) is 12.0. The summed E-state index contributed by atoms with van der Waals surface area (Å²) in [6.45, 7) is 4.22. The molecule has 0 unspecified atom stereocenters. The number of imidazole rings is 1. The van der Waals surface area contributed by atoms with E-state index >= 15 is 0 Å². The molecule has 20 heavy (non-hydrogen) atoms. The van der Waals surface area contributed by atoms with E-state index in [2.05, 4.69) is 17.2 Å². The molecule has 1 heterocycles. The highest BCUT2D eigenvalue weighted by molar-refractivity contribution is 5.44. The van der Waals surface area contributed by atoms with Crippen LogP contribution in [0.4, 0.5) is 5.95 Å². The van der Waals surface area contributed by atoms with Crippen molar-refractivity contribution in [2.75, 3.05) is 32.2 Å². The van der Waals surface area contributed by atoms with Crippen LogP contribution in [-0.4, -0.2) is 36.4 Å². The summed E-state index contributed by atoms with van der Waals surface area (Å²) < 4.78 is 12.6. The number of methoxy groups -OCH3 is 1. The molecule has 0 fully saturated rings. The summed E-state index contributed by atoms with van der Waals surface area (Å²) >= 11 is 0. The van der Waals surface area contributed by atoms with Gasteiger partial charge < -0.3 is 14.8 Å². The normalized spacial score (nSPS) is 10.5. The molecule has 0 bridgehead atoms. The van der Waals surface area contributed by atoms with Crippen molar-refractivity contribution in [3.63, 3.8) is 0 Å². The van der Waals surface area contributed by atoms with Gasteiger partial charge in [0, 0.05) is 31.7 Å².